The zero-order chi connectivity index (χ0) is 9.78. The van der Waals surface area contributed by atoms with Crippen LogP contribution in [-0.4, -0.2) is 25.0 Å². The van der Waals surface area contributed by atoms with Gasteiger partial charge in [-0.1, -0.05) is 34.6 Å². The highest BCUT2D eigenvalue weighted by Gasteiger charge is 2.28. The van der Waals surface area contributed by atoms with Gasteiger partial charge in [-0.25, -0.2) is 0 Å². The molecule has 74 valence electrons. The SMILES string of the molecule is CC.CC1CN(C)CC(C)(C)C1. The second-order valence-corrected chi connectivity index (χ2v) is 4.67. The molecule has 1 aliphatic rings. The fourth-order valence-corrected chi connectivity index (χ4v) is 2.40. The van der Waals surface area contributed by atoms with Crippen LogP contribution in [0.5, 0.6) is 0 Å². The molecule has 1 atom stereocenters. The molecule has 0 aromatic carbocycles. The second kappa shape index (κ2) is 4.86. The maximum absolute atomic E-state index is 2.44. The summed E-state index contributed by atoms with van der Waals surface area (Å²) in [5, 5.41) is 0. The van der Waals surface area contributed by atoms with E-state index in [4.69, 9.17) is 0 Å². The van der Waals surface area contributed by atoms with E-state index in [9.17, 15) is 0 Å². The molecule has 1 heterocycles. The molecule has 0 radical (unpaired) electrons. The minimum absolute atomic E-state index is 0.548. The molecule has 1 rings (SSSR count). The second-order valence-electron chi connectivity index (χ2n) is 4.67. The first-order valence-electron chi connectivity index (χ1n) is 5.18. The fraction of sp³-hybridized carbons (Fsp3) is 1.00. The molecule has 1 unspecified atom stereocenters. The Morgan fingerprint density at radius 1 is 1.25 bits per heavy atom. The molecule has 0 bridgehead atoms. The Labute approximate surface area is 78.1 Å². The van der Waals surface area contributed by atoms with Crippen molar-refractivity contribution in [3.63, 3.8) is 0 Å². The van der Waals surface area contributed by atoms with E-state index in [-0.39, 0.29) is 0 Å². The average molecular weight is 171 g/mol. The quantitative estimate of drug-likeness (QED) is 0.541. The van der Waals surface area contributed by atoms with Crippen molar-refractivity contribution < 1.29 is 0 Å². The van der Waals surface area contributed by atoms with Crippen LogP contribution >= 0.6 is 0 Å². The molecule has 0 spiro atoms. The van der Waals surface area contributed by atoms with Crippen LogP contribution in [0, 0.1) is 11.3 Å². The van der Waals surface area contributed by atoms with Crippen molar-refractivity contribution in [2.24, 2.45) is 11.3 Å². The van der Waals surface area contributed by atoms with E-state index in [2.05, 4.69) is 32.7 Å². The van der Waals surface area contributed by atoms with E-state index in [1.165, 1.54) is 19.5 Å². The molecule has 1 saturated heterocycles. The fourth-order valence-electron chi connectivity index (χ4n) is 2.40. The molecule has 1 nitrogen and oxygen atoms in total. The third-order valence-corrected chi connectivity index (χ3v) is 2.22. The number of likely N-dealkylation sites (tertiary alicyclic amines) is 1. The highest BCUT2D eigenvalue weighted by atomic mass is 15.1. The standard InChI is InChI=1S/C9H19N.C2H6/c1-8-5-9(2,3)7-10(4)6-8;1-2/h8H,5-7H2,1-4H3;1-2H3. The third kappa shape index (κ3) is 4.10. The molecule has 1 aliphatic heterocycles. The summed E-state index contributed by atoms with van der Waals surface area (Å²) in [7, 11) is 2.22. The Morgan fingerprint density at radius 3 is 2.08 bits per heavy atom. The molecule has 0 aliphatic carbocycles. The van der Waals surface area contributed by atoms with Gasteiger partial charge in [0.1, 0.15) is 0 Å². The summed E-state index contributed by atoms with van der Waals surface area (Å²) < 4.78 is 0. The summed E-state index contributed by atoms with van der Waals surface area (Å²) in [6.45, 7) is 13.6. The van der Waals surface area contributed by atoms with Gasteiger partial charge in [0.2, 0.25) is 0 Å². The number of hydrogen-bond acceptors (Lipinski definition) is 1. The lowest BCUT2D eigenvalue weighted by Gasteiger charge is -2.39. The van der Waals surface area contributed by atoms with Gasteiger partial charge in [0, 0.05) is 13.1 Å². The van der Waals surface area contributed by atoms with Gasteiger partial charge in [-0.05, 0) is 24.8 Å². The Bertz CT molecular complexity index is 106. The van der Waals surface area contributed by atoms with Crippen LogP contribution in [-0.2, 0) is 0 Å². The largest absolute Gasteiger partial charge is 0.306 e. The van der Waals surface area contributed by atoms with Crippen molar-refractivity contribution in [1.29, 1.82) is 0 Å². The van der Waals surface area contributed by atoms with Crippen LogP contribution in [0.2, 0.25) is 0 Å². The summed E-state index contributed by atoms with van der Waals surface area (Å²) >= 11 is 0. The Morgan fingerprint density at radius 2 is 1.75 bits per heavy atom. The zero-order valence-electron chi connectivity index (χ0n) is 9.65. The van der Waals surface area contributed by atoms with E-state index >= 15 is 0 Å². The molecular weight excluding hydrogens is 146 g/mol. The Kier molecular flexibility index (Phi) is 4.84. The number of hydrogen-bond donors (Lipinski definition) is 0. The van der Waals surface area contributed by atoms with Gasteiger partial charge >= 0.3 is 0 Å². The van der Waals surface area contributed by atoms with Crippen LogP contribution in [0.1, 0.15) is 41.0 Å². The number of rotatable bonds is 0. The van der Waals surface area contributed by atoms with Crippen LogP contribution in [0.4, 0.5) is 0 Å². The van der Waals surface area contributed by atoms with E-state index < -0.39 is 0 Å². The number of piperidine rings is 1. The average Bonchev–Trinajstić information content (AvgIpc) is 1.85. The molecule has 1 heteroatoms. The Hall–Kier alpha value is -0.0400. The minimum atomic E-state index is 0.548. The van der Waals surface area contributed by atoms with Crippen molar-refractivity contribution in [3.05, 3.63) is 0 Å². The van der Waals surface area contributed by atoms with Crippen LogP contribution in [0.15, 0.2) is 0 Å². The Balaban J connectivity index is 0.000000561. The molecule has 0 saturated carbocycles. The monoisotopic (exact) mass is 171 g/mol. The van der Waals surface area contributed by atoms with Gasteiger partial charge in [0.25, 0.3) is 0 Å². The van der Waals surface area contributed by atoms with Crippen molar-refractivity contribution in [3.8, 4) is 0 Å². The van der Waals surface area contributed by atoms with Crippen LogP contribution < -0.4 is 0 Å². The van der Waals surface area contributed by atoms with E-state index in [1.54, 1.807) is 0 Å². The maximum Gasteiger partial charge on any atom is 0.00299 e. The summed E-state index contributed by atoms with van der Waals surface area (Å²) in [5.41, 5.74) is 0.548. The highest BCUT2D eigenvalue weighted by Crippen LogP contribution is 2.30. The molecule has 0 aromatic heterocycles. The third-order valence-electron chi connectivity index (χ3n) is 2.22. The summed E-state index contributed by atoms with van der Waals surface area (Å²) in [5.74, 6) is 0.883. The first-order valence-corrected chi connectivity index (χ1v) is 5.18. The lowest BCUT2D eigenvalue weighted by atomic mass is 9.79. The summed E-state index contributed by atoms with van der Waals surface area (Å²) in [6.07, 6.45) is 1.39. The normalized spacial score (nSPS) is 29.0. The predicted molar refractivity (Wildman–Crippen MR) is 56.4 cm³/mol. The molecule has 0 amide bonds. The van der Waals surface area contributed by atoms with Crippen LogP contribution in [0.25, 0.3) is 0 Å². The smallest absolute Gasteiger partial charge is 0.00299 e. The van der Waals surface area contributed by atoms with E-state index in [0.29, 0.717) is 5.41 Å². The van der Waals surface area contributed by atoms with Crippen molar-refractivity contribution in [2.75, 3.05) is 20.1 Å². The summed E-state index contributed by atoms with van der Waals surface area (Å²) in [4.78, 5) is 2.44. The molecule has 1 fully saturated rings. The first-order chi connectivity index (χ1) is 5.49. The minimum Gasteiger partial charge on any atom is -0.306 e. The number of nitrogens with zero attached hydrogens (tertiary/aromatic N) is 1. The maximum atomic E-state index is 2.44. The van der Waals surface area contributed by atoms with Crippen molar-refractivity contribution >= 4 is 0 Å². The molecule has 0 N–H and O–H groups in total. The zero-order valence-corrected chi connectivity index (χ0v) is 9.65. The van der Waals surface area contributed by atoms with Crippen LogP contribution in [0.3, 0.4) is 0 Å². The molecule has 0 aromatic rings. The molecule has 12 heavy (non-hydrogen) atoms. The first kappa shape index (κ1) is 12.0. The van der Waals surface area contributed by atoms with Gasteiger partial charge in [-0.2, -0.15) is 0 Å². The van der Waals surface area contributed by atoms with Gasteiger partial charge in [0.15, 0.2) is 0 Å². The molecular formula is C11H25N. The lowest BCUT2D eigenvalue weighted by molar-refractivity contribution is 0.101. The van der Waals surface area contributed by atoms with E-state index in [0.717, 1.165) is 5.92 Å². The van der Waals surface area contributed by atoms with Gasteiger partial charge in [-0.3, -0.25) is 0 Å². The van der Waals surface area contributed by atoms with Crippen molar-refractivity contribution in [1.82, 2.24) is 4.90 Å². The lowest BCUT2D eigenvalue weighted by Crippen LogP contribution is -2.41. The van der Waals surface area contributed by atoms with E-state index in [1.807, 2.05) is 13.8 Å². The summed E-state index contributed by atoms with van der Waals surface area (Å²) in [6, 6.07) is 0. The van der Waals surface area contributed by atoms with Crippen molar-refractivity contribution in [2.45, 2.75) is 41.0 Å². The van der Waals surface area contributed by atoms with Gasteiger partial charge in [0.05, 0.1) is 0 Å². The topological polar surface area (TPSA) is 3.24 Å². The highest BCUT2D eigenvalue weighted by molar-refractivity contribution is 4.81. The van der Waals surface area contributed by atoms with Gasteiger partial charge < -0.3 is 4.90 Å². The predicted octanol–water partition coefficient (Wildman–Crippen LogP) is 3.01. The van der Waals surface area contributed by atoms with Gasteiger partial charge in [-0.15, -0.1) is 0 Å².